The predicted octanol–water partition coefficient (Wildman–Crippen LogP) is 4.08. The Balaban J connectivity index is 2.16. The fourth-order valence-corrected chi connectivity index (χ4v) is 3.74. The minimum absolute atomic E-state index is 0.0972. The summed E-state index contributed by atoms with van der Waals surface area (Å²) in [6.07, 6.45) is -3.09. The van der Waals surface area contributed by atoms with Gasteiger partial charge >= 0.3 is 12.1 Å². The van der Waals surface area contributed by atoms with Gasteiger partial charge in [-0.1, -0.05) is 6.07 Å². The number of hydrogen-bond donors (Lipinski definition) is 1. The van der Waals surface area contributed by atoms with Gasteiger partial charge in [0.15, 0.2) is 0 Å². The van der Waals surface area contributed by atoms with Crippen molar-refractivity contribution >= 4 is 17.7 Å². The lowest BCUT2D eigenvalue weighted by Gasteiger charge is -2.19. The van der Waals surface area contributed by atoms with Crippen LogP contribution in [0.15, 0.2) is 17.0 Å². The first-order chi connectivity index (χ1) is 11.6. The van der Waals surface area contributed by atoms with Gasteiger partial charge < -0.3 is 10.1 Å². The van der Waals surface area contributed by atoms with Crippen LogP contribution in [-0.4, -0.2) is 31.4 Å². The first-order valence-corrected chi connectivity index (χ1v) is 9.32. The Morgan fingerprint density at radius 1 is 1.20 bits per heavy atom. The second-order valence-electron chi connectivity index (χ2n) is 7.06. The molecule has 0 saturated heterocycles. The molecule has 0 fully saturated rings. The van der Waals surface area contributed by atoms with Crippen molar-refractivity contribution in [3.63, 3.8) is 0 Å². The van der Waals surface area contributed by atoms with Crippen LogP contribution in [0.2, 0.25) is 0 Å². The molecule has 140 valence electrons. The van der Waals surface area contributed by atoms with E-state index in [1.165, 1.54) is 6.07 Å². The molecule has 0 aromatic heterocycles. The molecule has 7 heteroatoms. The zero-order chi connectivity index (χ0) is 18.7. The number of carbonyl (C=O) groups excluding carboxylic acids is 1. The minimum atomic E-state index is -4.39. The van der Waals surface area contributed by atoms with Gasteiger partial charge in [0.05, 0.1) is 11.0 Å². The number of rotatable bonds is 4. The zero-order valence-corrected chi connectivity index (χ0v) is 15.6. The monoisotopic (exact) mass is 375 g/mol. The molecular formula is C18H24F3NO2S. The van der Waals surface area contributed by atoms with E-state index < -0.39 is 17.2 Å². The number of benzene rings is 1. The molecular weight excluding hydrogens is 351 g/mol. The third-order valence-corrected chi connectivity index (χ3v) is 5.09. The highest BCUT2D eigenvalue weighted by Gasteiger charge is 2.35. The maximum absolute atomic E-state index is 13.4. The molecule has 0 atom stereocenters. The molecule has 0 aliphatic carbocycles. The normalized spacial score (nSPS) is 15.4. The van der Waals surface area contributed by atoms with Crippen LogP contribution < -0.4 is 5.32 Å². The smallest absolute Gasteiger partial charge is 0.417 e. The Morgan fingerprint density at radius 3 is 2.52 bits per heavy atom. The van der Waals surface area contributed by atoms with E-state index in [9.17, 15) is 18.0 Å². The summed E-state index contributed by atoms with van der Waals surface area (Å²) in [4.78, 5) is 12.0. The molecule has 0 bridgehead atoms. The van der Waals surface area contributed by atoms with Gasteiger partial charge in [0, 0.05) is 10.6 Å². The fraction of sp³-hybridized carbons (Fsp3) is 0.611. The lowest BCUT2D eigenvalue weighted by molar-refractivity contribution is -0.152. The first-order valence-electron chi connectivity index (χ1n) is 8.33. The number of thioether (sulfide) groups is 1. The van der Waals surface area contributed by atoms with Gasteiger partial charge in [-0.2, -0.15) is 13.2 Å². The van der Waals surface area contributed by atoms with Crippen molar-refractivity contribution in [3.8, 4) is 0 Å². The summed E-state index contributed by atoms with van der Waals surface area (Å²) in [5, 5.41) is 3.22. The van der Waals surface area contributed by atoms with Crippen molar-refractivity contribution in [2.75, 3.05) is 25.4 Å². The fourth-order valence-electron chi connectivity index (χ4n) is 2.62. The maximum atomic E-state index is 13.4. The van der Waals surface area contributed by atoms with Crippen LogP contribution in [0.25, 0.3) is 0 Å². The number of nitrogens with one attached hydrogen (secondary N) is 1. The van der Waals surface area contributed by atoms with Crippen LogP contribution in [-0.2, 0) is 28.5 Å². The van der Waals surface area contributed by atoms with Crippen molar-refractivity contribution in [2.24, 2.45) is 5.41 Å². The Kier molecular flexibility index (Phi) is 6.43. The molecule has 1 N–H and O–H groups in total. The number of fused-ring (bicyclic) bond motifs is 1. The van der Waals surface area contributed by atoms with E-state index >= 15 is 0 Å². The van der Waals surface area contributed by atoms with Crippen LogP contribution in [0, 0.1) is 5.41 Å². The lowest BCUT2D eigenvalue weighted by Crippen LogP contribution is -2.23. The van der Waals surface area contributed by atoms with E-state index in [0.29, 0.717) is 18.7 Å². The molecule has 1 aliphatic rings. The van der Waals surface area contributed by atoms with Gasteiger partial charge in [-0.3, -0.25) is 4.79 Å². The second kappa shape index (κ2) is 7.99. The van der Waals surface area contributed by atoms with Crippen LogP contribution in [0.3, 0.4) is 0 Å². The van der Waals surface area contributed by atoms with Gasteiger partial charge in [0.25, 0.3) is 0 Å². The molecule has 2 rings (SSSR count). The Hall–Kier alpha value is -1.21. The summed E-state index contributed by atoms with van der Waals surface area (Å²) in [5.74, 6) is -0.0466. The molecule has 1 heterocycles. The van der Waals surface area contributed by atoms with Crippen molar-refractivity contribution < 1.29 is 22.7 Å². The average Bonchev–Trinajstić information content (AvgIpc) is 2.74. The lowest BCUT2D eigenvalue weighted by atomic mass is 9.97. The van der Waals surface area contributed by atoms with Gasteiger partial charge in [-0.25, -0.2) is 0 Å². The average molecular weight is 375 g/mol. The van der Waals surface area contributed by atoms with Gasteiger partial charge in [-0.15, -0.1) is 11.8 Å². The van der Waals surface area contributed by atoms with Crippen molar-refractivity contribution in [2.45, 2.75) is 44.7 Å². The highest BCUT2D eigenvalue weighted by molar-refractivity contribution is 7.99. The third-order valence-electron chi connectivity index (χ3n) is 3.96. The zero-order valence-electron chi connectivity index (χ0n) is 14.8. The SMILES string of the molecule is CC(C)(C)C(=O)OCCSc1c(C(F)(F)F)ccc2c1CCNCC2. The molecule has 3 nitrogen and oxygen atoms in total. The molecule has 25 heavy (non-hydrogen) atoms. The molecule has 1 aromatic rings. The van der Waals surface area contributed by atoms with Crippen LogP contribution in [0.5, 0.6) is 0 Å². The minimum Gasteiger partial charge on any atom is -0.464 e. The second-order valence-corrected chi connectivity index (χ2v) is 8.17. The number of carbonyl (C=O) groups is 1. The third kappa shape index (κ3) is 5.38. The highest BCUT2D eigenvalue weighted by Crippen LogP contribution is 2.40. The maximum Gasteiger partial charge on any atom is 0.417 e. The van der Waals surface area contributed by atoms with Crippen LogP contribution >= 0.6 is 11.8 Å². The van der Waals surface area contributed by atoms with E-state index in [-0.39, 0.29) is 17.5 Å². The molecule has 0 unspecified atom stereocenters. The standard InChI is InChI=1S/C18H24F3NO2S/c1-17(2,3)16(23)24-10-11-25-15-13-7-9-22-8-6-12(13)4-5-14(15)18(19,20)21/h4-5,22H,6-11H2,1-3H3. The number of hydrogen-bond acceptors (Lipinski definition) is 4. The van der Waals surface area contributed by atoms with Crippen molar-refractivity contribution in [1.82, 2.24) is 5.32 Å². The molecule has 1 aliphatic heterocycles. The Labute approximate surface area is 150 Å². The van der Waals surface area contributed by atoms with Gasteiger partial charge in [0.2, 0.25) is 0 Å². The molecule has 0 saturated carbocycles. The highest BCUT2D eigenvalue weighted by atomic mass is 32.2. The first kappa shape index (κ1) is 20.1. The van der Waals surface area contributed by atoms with Gasteiger partial charge in [0.1, 0.15) is 6.61 Å². The quantitative estimate of drug-likeness (QED) is 0.489. The van der Waals surface area contributed by atoms with E-state index in [1.807, 2.05) is 0 Å². The summed E-state index contributed by atoms with van der Waals surface area (Å²) in [6.45, 7) is 6.77. The summed E-state index contributed by atoms with van der Waals surface area (Å²) in [7, 11) is 0. The largest absolute Gasteiger partial charge is 0.464 e. The van der Waals surface area contributed by atoms with E-state index in [0.717, 1.165) is 35.9 Å². The topological polar surface area (TPSA) is 38.3 Å². The van der Waals surface area contributed by atoms with Crippen LogP contribution in [0.1, 0.15) is 37.5 Å². The Morgan fingerprint density at radius 2 is 1.88 bits per heavy atom. The molecule has 1 aromatic carbocycles. The summed E-state index contributed by atoms with van der Waals surface area (Å²) < 4.78 is 45.4. The summed E-state index contributed by atoms with van der Waals surface area (Å²) in [6, 6.07) is 2.77. The van der Waals surface area contributed by atoms with E-state index in [4.69, 9.17) is 4.74 Å². The van der Waals surface area contributed by atoms with E-state index in [2.05, 4.69) is 5.32 Å². The van der Waals surface area contributed by atoms with Crippen molar-refractivity contribution in [1.29, 1.82) is 0 Å². The van der Waals surface area contributed by atoms with Crippen molar-refractivity contribution in [3.05, 3.63) is 28.8 Å². The number of esters is 1. The summed E-state index contributed by atoms with van der Waals surface area (Å²) >= 11 is 1.13. The van der Waals surface area contributed by atoms with E-state index in [1.54, 1.807) is 26.8 Å². The molecule has 0 amide bonds. The van der Waals surface area contributed by atoms with Gasteiger partial charge in [-0.05, 0) is 63.9 Å². The molecule has 0 radical (unpaired) electrons. The number of ether oxygens (including phenoxy) is 1. The van der Waals surface area contributed by atoms with Crippen LogP contribution in [0.4, 0.5) is 13.2 Å². The predicted molar refractivity (Wildman–Crippen MR) is 92.9 cm³/mol. The Bertz CT molecular complexity index is 624. The number of halogens is 3. The number of alkyl halides is 3. The summed E-state index contributed by atoms with van der Waals surface area (Å²) in [5.41, 5.74) is 0.525. The molecule has 0 spiro atoms.